The number of hydrogen-bond acceptors (Lipinski definition) is 4. The number of carbonyl (C=O) groups is 1. The Kier molecular flexibility index (Phi) is 4.02. The van der Waals surface area contributed by atoms with Crippen molar-refractivity contribution in [1.29, 1.82) is 0 Å². The van der Waals surface area contributed by atoms with Crippen LogP contribution in [0, 0.1) is 0 Å². The number of primary amides is 1. The molecule has 1 heterocycles. The van der Waals surface area contributed by atoms with E-state index in [0.717, 1.165) is 21.9 Å². The van der Waals surface area contributed by atoms with Crippen LogP contribution in [0.2, 0.25) is 0 Å². The summed E-state index contributed by atoms with van der Waals surface area (Å²) in [6.07, 6.45) is 0. The maximum atomic E-state index is 11.4. The minimum atomic E-state index is -0.459. The lowest BCUT2D eigenvalue weighted by Gasteiger charge is -2.02. The number of hydrogen-bond donors (Lipinski definition) is 3. The van der Waals surface area contributed by atoms with E-state index in [2.05, 4.69) is 27.4 Å². The number of para-hydroxylation sites is 1. The summed E-state index contributed by atoms with van der Waals surface area (Å²) >= 11 is 1.68. The number of aromatic amines is 1. The zero-order chi connectivity index (χ0) is 15.5. The van der Waals surface area contributed by atoms with Crippen molar-refractivity contribution < 1.29 is 4.79 Å². The Labute approximate surface area is 132 Å². The minimum Gasteiger partial charge on any atom is -0.388 e. The molecule has 0 unspecified atom stereocenters. The van der Waals surface area contributed by atoms with Gasteiger partial charge in [0.2, 0.25) is 0 Å². The van der Waals surface area contributed by atoms with Gasteiger partial charge in [0.15, 0.2) is 0 Å². The van der Waals surface area contributed by atoms with Crippen LogP contribution in [0.25, 0.3) is 11.0 Å². The summed E-state index contributed by atoms with van der Waals surface area (Å²) < 4.78 is 0. The number of amides is 1. The van der Waals surface area contributed by atoms with E-state index < -0.39 is 5.91 Å². The number of nitrogens with one attached hydrogen (secondary N) is 2. The van der Waals surface area contributed by atoms with Crippen LogP contribution in [-0.2, 0) is 5.75 Å². The van der Waals surface area contributed by atoms with E-state index in [1.165, 1.54) is 0 Å². The molecule has 2 aromatic carbocycles. The first-order valence-corrected chi connectivity index (χ1v) is 7.84. The molecular weight excluding hydrogens is 296 g/mol. The van der Waals surface area contributed by atoms with Gasteiger partial charge in [-0.1, -0.05) is 6.07 Å². The molecule has 3 aromatic rings. The van der Waals surface area contributed by atoms with Gasteiger partial charge in [0, 0.05) is 17.6 Å². The van der Waals surface area contributed by atoms with Crippen LogP contribution in [0.1, 0.15) is 16.2 Å². The molecule has 22 heavy (non-hydrogen) atoms. The fourth-order valence-corrected chi connectivity index (χ4v) is 2.99. The summed E-state index contributed by atoms with van der Waals surface area (Å²) in [6.45, 7) is 0. The molecule has 1 aromatic heterocycles. The fraction of sp³-hybridized carbons (Fsp3) is 0.125. The number of nitrogens with zero attached hydrogens (tertiary/aromatic N) is 1. The molecule has 0 bridgehead atoms. The smallest absolute Gasteiger partial charge is 0.250 e. The number of aromatic nitrogens is 2. The predicted molar refractivity (Wildman–Crippen MR) is 90.2 cm³/mol. The number of benzene rings is 2. The number of H-pyrrole nitrogens is 1. The summed E-state index contributed by atoms with van der Waals surface area (Å²) in [6, 6.07) is 13.6. The molecule has 0 fully saturated rings. The van der Waals surface area contributed by atoms with E-state index in [-0.39, 0.29) is 0 Å². The van der Waals surface area contributed by atoms with Gasteiger partial charge in [-0.2, -0.15) is 0 Å². The Morgan fingerprint density at radius 3 is 2.73 bits per heavy atom. The Bertz CT molecular complexity index is 811. The number of anilines is 1. The molecule has 0 saturated heterocycles. The fourth-order valence-electron chi connectivity index (χ4n) is 2.22. The van der Waals surface area contributed by atoms with E-state index in [1.54, 1.807) is 23.9 Å². The van der Waals surface area contributed by atoms with Crippen molar-refractivity contribution in [3.8, 4) is 0 Å². The molecule has 5 nitrogen and oxygen atoms in total. The number of rotatable bonds is 5. The normalized spacial score (nSPS) is 10.8. The molecule has 0 aliphatic rings. The van der Waals surface area contributed by atoms with Gasteiger partial charge in [-0.15, -0.1) is 11.8 Å². The number of nitrogens with two attached hydrogens (primary N) is 1. The molecule has 0 aliphatic heterocycles. The number of fused-ring (bicyclic) bond motifs is 1. The summed E-state index contributed by atoms with van der Waals surface area (Å²) in [5.41, 5.74) is 8.37. The highest BCUT2D eigenvalue weighted by Crippen LogP contribution is 2.25. The summed E-state index contributed by atoms with van der Waals surface area (Å²) in [5.74, 6) is 1.07. The molecule has 0 spiro atoms. The van der Waals surface area contributed by atoms with Gasteiger partial charge >= 0.3 is 0 Å². The molecule has 0 saturated carbocycles. The first kappa shape index (κ1) is 14.5. The third-order valence-corrected chi connectivity index (χ3v) is 4.37. The van der Waals surface area contributed by atoms with E-state index >= 15 is 0 Å². The average molecular weight is 312 g/mol. The Morgan fingerprint density at radius 2 is 2.05 bits per heavy atom. The number of imidazole rings is 1. The maximum Gasteiger partial charge on any atom is 0.250 e. The Balaban J connectivity index is 1.79. The van der Waals surface area contributed by atoms with E-state index in [1.807, 2.05) is 25.2 Å². The molecule has 6 heteroatoms. The van der Waals surface area contributed by atoms with E-state index in [9.17, 15) is 4.79 Å². The van der Waals surface area contributed by atoms with Crippen molar-refractivity contribution in [2.45, 2.75) is 10.6 Å². The van der Waals surface area contributed by atoms with Crippen molar-refractivity contribution in [3.05, 3.63) is 53.9 Å². The summed E-state index contributed by atoms with van der Waals surface area (Å²) in [4.78, 5) is 20.3. The highest BCUT2D eigenvalue weighted by atomic mass is 32.2. The first-order valence-electron chi connectivity index (χ1n) is 6.85. The van der Waals surface area contributed by atoms with Crippen molar-refractivity contribution in [2.24, 2.45) is 5.73 Å². The third kappa shape index (κ3) is 2.92. The van der Waals surface area contributed by atoms with E-state index in [4.69, 9.17) is 5.73 Å². The lowest BCUT2D eigenvalue weighted by molar-refractivity contribution is 0.100. The molecule has 0 radical (unpaired) electrons. The lowest BCUT2D eigenvalue weighted by atomic mass is 10.2. The second kappa shape index (κ2) is 6.11. The zero-order valence-corrected chi connectivity index (χ0v) is 12.9. The molecule has 112 valence electrons. The van der Waals surface area contributed by atoms with Crippen LogP contribution in [0.5, 0.6) is 0 Å². The standard InChI is InChI=1S/C16H16N4OS/c1-18-10-5-7-11(8-6-10)22-9-14-19-13-4-2-3-12(16(17)21)15(13)20-14/h2-8,18H,9H2,1H3,(H2,17,21)(H,19,20). The SMILES string of the molecule is CNc1ccc(SCc2nc3c(C(N)=O)cccc3[nH]2)cc1. The first-order chi connectivity index (χ1) is 10.7. The predicted octanol–water partition coefficient (Wildman–Crippen LogP) is 3.00. The molecule has 3 rings (SSSR count). The van der Waals surface area contributed by atoms with Crippen molar-refractivity contribution in [1.82, 2.24) is 9.97 Å². The van der Waals surface area contributed by atoms with Gasteiger partial charge < -0.3 is 16.0 Å². The second-order valence-corrected chi connectivity index (χ2v) is 5.86. The van der Waals surface area contributed by atoms with Crippen LogP contribution in [0.3, 0.4) is 0 Å². The van der Waals surface area contributed by atoms with Crippen LogP contribution in [0.15, 0.2) is 47.4 Å². The van der Waals surface area contributed by atoms with Gasteiger partial charge in [0.25, 0.3) is 5.91 Å². The second-order valence-electron chi connectivity index (χ2n) is 4.81. The van der Waals surface area contributed by atoms with Crippen LogP contribution >= 0.6 is 11.8 Å². The number of thioether (sulfide) groups is 1. The van der Waals surface area contributed by atoms with Crippen LogP contribution < -0.4 is 11.1 Å². The van der Waals surface area contributed by atoms with Crippen molar-refractivity contribution >= 4 is 34.4 Å². The van der Waals surface area contributed by atoms with E-state index in [0.29, 0.717) is 16.8 Å². The van der Waals surface area contributed by atoms with Gasteiger partial charge in [0.05, 0.1) is 16.8 Å². The van der Waals surface area contributed by atoms with Crippen LogP contribution in [-0.4, -0.2) is 22.9 Å². The molecular formula is C16H16N4OS. The highest BCUT2D eigenvalue weighted by Gasteiger charge is 2.11. The molecule has 0 atom stereocenters. The molecule has 4 N–H and O–H groups in total. The summed E-state index contributed by atoms with van der Waals surface area (Å²) in [5, 5.41) is 3.09. The minimum absolute atomic E-state index is 0.448. The molecule has 1 amide bonds. The lowest BCUT2D eigenvalue weighted by Crippen LogP contribution is -2.11. The largest absolute Gasteiger partial charge is 0.388 e. The quantitative estimate of drug-likeness (QED) is 0.632. The number of carbonyl (C=O) groups excluding carboxylic acids is 1. The molecule has 0 aliphatic carbocycles. The average Bonchev–Trinajstić information content (AvgIpc) is 2.96. The van der Waals surface area contributed by atoms with Gasteiger partial charge in [-0.3, -0.25) is 4.79 Å². The zero-order valence-electron chi connectivity index (χ0n) is 12.1. The van der Waals surface area contributed by atoms with Crippen molar-refractivity contribution in [2.75, 3.05) is 12.4 Å². The maximum absolute atomic E-state index is 11.4. The van der Waals surface area contributed by atoms with Crippen LogP contribution in [0.4, 0.5) is 5.69 Å². The Morgan fingerprint density at radius 1 is 1.27 bits per heavy atom. The van der Waals surface area contributed by atoms with Crippen molar-refractivity contribution in [3.63, 3.8) is 0 Å². The highest BCUT2D eigenvalue weighted by molar-refractivity contribution is 7.98. The Hall–Kier alpha value is -2.47. The van der Waals surface area contributed by atoms with Gasteiger partial charge in [0.1, 0.15) is 11.3 Å². The topological polar surface area (TPSA) is 83.8 Å². The third-order valence-electron chi connectivity index (χ3n) is 3.35. The van der Waals surface area contributed by atoms with Gasteiger partial charge in [-0.25, -0.2) is 4.98 Å². The van der Waals surface area contributed by atoms with Gasteiger partial charge in [-0.05, 0) is 36.4 Å². The summed E-state index contributed by atoms with van der Waals surface area (Å²) in [7, 11) is 1.90. The monoisotopic (exact) mass is 312 g/mol.